The van der Waals surface area contributed by atoms with Crippen LogP contribution in [0, 0.1) is 5.41 Å². The number of imidazole rings is 1. The number of likely N-dealkylation sites (tertiary alicyclic amines) is 1. The van der Waals surface area contributed by atoms with Crippen molar-refractivity contribution in [3.8, 4) is 0 Å². The number of ketones is 1. The summed E-state index contributed by atoms with van der Waals surface area (Å²) in [6.07, 6.45) is 2.84. The topological polar surface area (TPSA) is 146 Å². The first-order valence-corrected chi connectivity index (χ1v) is 14.0. The van der Waals surface area contributed by atoms with E-state index in [9.17, 15) is 14.4 Å². The zero-order valence-electron chi connectivity index (χ0n) is 23.8. The van der Waals surface area contributed by atoms with Gasteiger partial charge in [0.15, 0.2) is 5.78 Å². The van der Waals surface area contributed by atoms with Crippen molar-refractivity contribution < 1.29 is 14.4 Å². The fourth-order valence-electron chi connectivity index (χ4n) is 5.29. The molecule has 2 heterocycles. The summed E-state index contributed by atoms with van der Waals surface area (Å²) in [6.45, 7) is 2.57. The Morgan fingerprint density at radius 2 is 1.67 bits per heavy atom. The predicted molar refractivity (Wildman–Crippen MR) is 163 cm³/mol. The standard InChI is InChI=1S/C32H35N7O3/c1-20(40)23-4-3-5-26(18-23)36-32(42)35-25-14-16-39(17-15-25)31(41)24-11-12-28-27(19-24)37-29(38(28)2)13-8-21-6-9-22(10-7-21)30(33)34/h3-7,9-12,18-19,25H,8,13-17H2,1-2H3,(H3,33,34)(H2,35,36,42). The van der Waals surface area contributed by atoms with Crippen molar-refractivity contribution in [2.75, 3.05) is 18.4 Å². The van der Waals surface area contributed by atoms with Gasteiger partial charge in [-0.15, -0.1) is 0 Å². The summed E-state index contributed by atoms with van der Waals surface area (Å²) in [5, 5.41) is 13.3. The van der Waals surface area contributed by atoms with Crippen LogP contribution in [-0.4, -0.2) is 57.1 Å². The van der Waals surface area contributed by atoms with Crippen LogP contribution >= 0.6 is 0 Å². The number of rotatable bonds is 8. The van der Waals surface area contributed by atoms with Crippen LogP contribution in [0.5, 0.6) is 0 Å². The van der Waals surface area contributed by atoms with Gasteiger partial charge in [-0.2, -0.15) is 0 Å². The molecule has 1 fully saturated rings. The van der Waals surface area contributed by atoms with Crippen LogP contribution in [0.4, 0.5) is 10.5 Å². The van der Waals surface area contributed by atoms with Crippen LogP contribution in [0.25, 0.3) is 11.0 Å². The van der Waals surface area contributed by atoms with Crippen molar-refractivity contribution >= 4 is 40.3 Å². The maximum absolute atomic E-state index is 13.3. The molecule has 1 aliphatic heterocycles. The number of hydrogen-bond acceptors (Lipinski definition) is 5. The molecule has 0 unspecified atom stereocenters. The SMILES string of the molecule is CC(=O)c1cccc(NC(=O)NC2CCN(C(=O)c3ccc4c(c3)nc(CCc3ccc(C(=N)N)cc3)n4C)CC2)c1. The quantitative estimate of drug-likeness (QED) is 0.143. The summed E-state index contributed by atoms with van der Waals surface area (Å²) in [7, 11) is 1.99. The number of carbonyl (C=O) groups is 3. The van der Waals surface area contributed by atoms with Gasteiger partial charge >= 0.3 is 6.03 Å². The third-order valence-corrected chi connectivity index (χ3v) is 7.77. The molecule has 5 rings (SSSR count). The Labute approximate surface area is 244 Å². The smallest absolute Gasteiger partial charge is 0.319 e. The van der Waals surface area contributed by atoms with Gasteiger partial charge in [0, 0.05) is 55.0 Å². The second kappa shape index (κ2) is 12.3. The van der Waals surface area contributed by atoms with E-state index in [0.717, 1.165) is 35.3 Å². The van der Waals surface area contributed by atoms with Crippen LogP contribution in [0.2, 0.25) is 0 Å². The predicted octanol–water partition coefficient (Wildman–Crippen LogP) is 4.27. The summed E-state index contributed by atoms with van der Waals surface area (Å²) < 4.78 is 2.06. The number of urea groups is 1. The first-order valence-electron chi connectivity index (χ1n) is 14.0. The maximum Gasteiger partial charge on any atom is 0.319 e. The number of Topliss-reactive ketones (excluding diaryl/α,β-unsaturated/α-hetero) is 1. The summed E-state index contributed by atoms with van der Waals surface area (Å²) in [5.74, 6) is 0.884. The van der Waals surface area contributed by atoms with Crippen molar-refractivity contribution in [2.24, 2.45) is 12.8 Å². The Bertz CT molecular complexity index is 1650. The lowest BCUT2D eigenvalue weighted by Gasteiger charge is -2.32. The maximum atomic E-state index is 13.3. The number of nitrogens with two attached hydrogens (primary N) is 1. The first-order chi connectivity index (χ1) is 20.2. The van der Waals surface area contributed by atoms with Crippen molar-refractivity contribution in [3.63, 3.8) is 0 Å². The van der Waals surface area contributed by atoms with Crippen molar-refractivity contribution in [2.45, 2.75) is 38.6 Å². The fourth-order valence-corrected chi connectivity index (χ4v) is 5.29. The van der Waals surface area contributed by atoms with Gasteiger partial charge in [-0.3, -0.25) is 15.0 Å². The molecular weight excluding hydrogens is 530 g/mol. The molecule has 3 aromatic carbocycles. The normalized spacial score (nSPS) is 13.6. The van der Waals surface area contributed by atoms with Gasteiger partial charge in [0.2, 0.25) is 0 Å². The van der Waals surface area contributed by atoms with E-state index in [1.807, 2.05) is 54.4 Å². The summed E-state index contributed by atoms with van der Waals surface area (Å²) in [4.78, 5) is 44.1. The second-order valence-electron chi connectivity index (χ2n) is 10.7. The average Bonchev–Trinajstić information content (AvgIpc) is 3.30. The number of nitrogens with zero attached hydrogens (tertiary/aromatic N) is 3. The summed E-state index contributed by atoms with van der Waals surface area (Å²) in [5.41, 5.74) is 10.8. The molecule has 0 saturated carbocycles. The highest BCUT2D eigenvalue weighted by atomic mass is 16.2. The molecule has 10 nitrogen and oxygen atoms in total. The number of benzene rings is 3. The molecule has 4 aromatic rings. The van der Waals surface area contributed by atoms with E-state index >= 15 is 0 Å². The number of nitrogens with one attached hydrogen (secondary N) is 3. The monoisotopic (exact) mass is 565 g/mol. The van der Waals surface area contributed by atoms with E-state index in [1.165, 1.54) is 6.92 Å². The molecule has 5 N–H and O–H groups in total. The van der Waals surface area contributed by atoms with E-state index in [2.05, 4.69) is 15.2 Å². The van der Waals surface area contributed by atoms with E-state index in [0.29, 0.717) is 48.3 Å². The number of fused-ring (bicyclic) bond motifs is 1. The number of hydrogen-bond donors (Lipinski definition) is 4. The molecule has 1 saturated heterocycles. The largest absolute Gasteiger partial charge is 0.384 e. The highest BCUT2D eigenvalue weighted by molar-refractivity contribution is 5.98. The molecule has 0 atom stereocenters. The minimum atomic E-state index is -0.329. The number of amidine groups is 1. The Balaban J connectivity index is 1.15. The minimum Gasteiger partial charge on any atom is -0.384 e. The van der Waals surface area contributed by atoms with Crippen molar-refractivity contribution in [3.05, 3.63) is 94.8 Å². The summed E-state index contributed by atoms with van der Waals surface area (Å²) >= 11 is 0. The zero-order valence-corrected chi connectivity index (χ0v) is 23.8. The van der Waals surface area contributed by atoms with Gasteiger partial charge in [0.1, 0.15) is 11.7 Å². The first kappa shape index (κ1) is 28.5. The van der Waals surface area contributed by atoms with Crippen LogP contribution in [-0.2, 0) is 19.9 Å². The molecule has 1 aliphatic rings. The van der Waals surface area contributed by atoms with Gasteiger partial charge < -0.3 is 25.8 Å². The minimum absolute atomic E-state index is 0.0430. The lowest BCUT2D eigenvalue weighted by Crippen LogP contribution is -2.47. The van der Waals surface area contributed by atoms with Gasteiger partial charge in [0.05, 0.1) is 11.0 Å². The molecule has 0 radical (unpaired) electrons. The van der Waals surface area contributed by atoms with Crippen molar-refractivity contribution in [1.82, 2.24) is 19.8 Å². The van der Waals surface area contributed by atoms with E-state index in [1.54, 1.807) is 24.3 Å². The molecule has 0 aliphatic carbocycles. The fraction of sp³-hybridized carbons (Fsp3) is 0.281. The Morgan fingerprint density at radius 3 is 2.36 bits per heavy atom. The second-order valence-corrected chi connectivity index (χ2v) is 10.7. The molecule has 3 amide bonds. The third kappa shape index (κ3) is 6.49. The van der Waals surface area contributed by atoms with Gasteiger partial charge in [-0.25, -0.2) is 9.78 Å². The van der Waals surface area contributed by atoms with Gasteiger partial charge in [-0.1, -0.05) is 36.4 Å². The third-order valence-electron chi connectivity index (χ3n) is 7.77. The average molecular weight is 566 g/mol. The van der Waals surface area contributed by atoms with Crippen molar-refractivity contribution in [1.29, 1.82) is 5.41 Å². The van der Waals surface area contributed by atoms with E-state index in [-0.39, 0.29) is 29.6 Å². The molecule has 0 spiro atoms. The lowest BCUT2D eigenvalue weighted by atomic mass is 10.0. The van der Waals surface area contributed by atoms with E-state index < -0.39 is 0 Å². The van der Waals surface area contributed by atoms with E-state index in [4.69, 9.17) is 16.1 Å². The number of amides is 3. The Kier molecular flexibility index (Phi) is 8.33. The molecule has 10 heteroatoms. The van der Waals surface area contributed by atoms with Crippen LogP contribution in [0.1, 0.15) is 57.4 Å². The molecule has 216 valence electrons. The lowest BCUT2D eigenvalue weighted by molar-refractivity contribution is 0.0708. The highest BCUT2D eigenvalue weighted by Gasteiger charge is 2.25. The van der Waals surface area contributed by atoms with Gasteiger partial charge in [0.25, 0.3) is 5.91 Å². The molecule has 1 aromatic heterocycles. The molecule has 0 bridgehead atoms. The zero-order chi connectivity index (χ0) is 29.8. The molecular formula is C32H35N7O3. The van der Waals surface area contributed by atoms with Gasteiger partial charge in [-0.05, 0) is 62.1 Å². The Morgan fingerprint density at radius 1 is 0.952 bits per heavy atom. The number of piperidine rings is 1. The summed E-state index contributed by atoms with van der Waals surface area (Å²) in [6, 6.07) is 19.8. The Hall–Kier alpha value is -4.99. The number of aromatic nitrogens is 2. The van der Waals surface area contributed by atoms with Crippen LogP contribution in [0.3, 0.4) is 0 Å². The van der Waals surface area contributed by atoms with Crippen LogP contribution in [0.15, 0.2) is 66.7 Å². The molecule has 42 heavy (non-hydrogen) atoms. The van der Waals surface area contributed by atoms with Crippen LogP contribution < -0.4 is 16.4 Å². The highest BCUT2D eigenvalue weighted by Crippen LogP contribution is 2.21. The number of nitrogen functional groups attached to an aromatic ring is 1. The number of anilines is 1. The number of carbonyl (C=O) groups excluding carboxylic acids is 3. The number of aryl methyl sites for hydroxylation is 3.